The molecule has 0 amide bonds. The van der Waals surface area contributed by atoms with E-state index in [1.807, 2.05) is 49.4 Å². The van der Waals surface area contributed by atoms with Crippen LogP contribution in [-0.4, -0.2) is 24.8 Å². The van der Waals surface area contributed by atoms with Crippen LogP contribution in [0.1, 0.15) is 34.3 Å². The van der Waals surface area contributed by atoms with E-state index in [0.717, 1.165) is 16.3 Å². The Balaban J connectivity index is 1.78. The lowest BCUT2D eigenvalue weighted by atomic mass is 9.86. The predicted molar refractivity (Wildman–Crippen MR) is 110 cm³/mol. The standard InChI is InChI=1S/C25H20O5/c1-14-8-10-16(11-9-14)21(26)24(2)20-19-17-7-5-4-6-15(17)12-13-18(19)30-23(28)25(20,24)22(27)29-3/h4-13,20H,1-3H3/t20-,24+,25+/m1/s1. The second-order valence-electron chi connectivity index (χ2n) is 8.22. The molecule has 150 valence electrons. The molecule has 3 atom stereocenters. The van der Waals surface area contributed by atoms with Crippen LogP contribution in [0.25, 0.3) is 10.8 Å². The molecule has 0 spiro atoms. The van der Waals surface area contributed by atoms with Crippen LogP contribution in [0, 0.1) is 17.8 Å². The molecule has 5 rings (SSSR count). The zero-order chi connectivity index (χ0) is 21.3. The highest BCUT2D eigenvalue weighted by atomic mass is 16.6. The first-order valence-corrected chi connectivity index (χ1v) is 9.81. The van der Waals surface area contributed by atoms with Gasteiger partial charge in [0.05, 0.1) is 12.5 Å². The normalized spacial score (nSPS) is 26.4. The summed E-state index contributed by atoms with van der Waals surface area (Å²) in [5.74, 6) is -2.00. The number of methoxy groups -OCH3 is 1. The molecule has 1 fully saturated rings. The van der Waals surface area contributed by atoms with Gasteiger partial charge in [0.2, 0.25) is 0 Å². The van der Waals surface area contributed by atoms with Gasteiger partial charge in [-0.05, 0) is 30.7 Å². The summed E-state index contributed by atoms with van der Waals surface area (Å²) in [6.07, 6.45) is 0. The van der Waals surface area contributed by atoms with Crippen molar-refractivity contribution in [2.45, 2.75) is 19.8 Å². The first-order valence-electron chi connectivity index (χ1n) is 9.81. The highest BCUT2D eigenvalue weighted by Gasteiger charge is 2.89. The minimum Gasteiger partial charge on any atom is -0.468 e. The molecule has 0 radical (unpaired) electrons. The molecule has 3 aromatic carbocycles. The number of carbonyl (C=O) groups excluding carboxylic acids is 3. The molecular weight excluding hydrogens is 380 g/mol. The van der Waals surface area contributed by atoms with Crippen molar-refractivity contribution in [2.24, 2.45) is 10.8 Å². The average Bonchev–Trinajstić information content (AvgIpc) is 3.35. The zero-order valence-electron chi connectivity index (χ0n) is 16.9. The molecule has 30 heavy (non-hydrogen) atoms. The Morgan fingerprint density at radius 1 is 1.00 bits per heavy atom. The van der Waals surface area contributed by atoms with Crippen LogP contribution in [0.3, 0.4) is 0 Å². The van der Waals surface area contributed by atoms with Crippen LogP contribution in [0.5, 0.6) is 5.75 Å². The van der Waals surface area contributed by atoms with Crippen LogP contribution in [-0.2, 0) is 14.3 Å². The number of hydrogen-bond donors (Lipinski definition) is 0. The lowest BCUT2D eigenvalue weighted by molar-refractivity contribution is -0.160. The Morgan fingerprint density at radius 3 is 2.40 bits per heavy atom. The monoisotopic (exact) mass is 400 g/mol. The summed E-state index contributed by atoms with van der Waals surface area (Å²) in [5.41, 5.74) is -0.817. The largest absolute Gasteiger partial charge is 0.468 e. The third kappa shape index (κ3) is 2.04. The smallest absolute Gasteiger partial charge is 0.330 e. The maximum Gasteiger partial charge on any atom is 0.330 e. The number of hydrogen-bond acceptors (Lipinski definition) is 5. The fourth-order valence-corrected chi connectivity index (χ4v) is 5.19. The average molecular weight is 400 g/mol. The quantitative estimate of drug-likeness (QED) is 0.285. The van der Waals surface area contributed by atoms with Gasteiger partial charge in [0.15, 0.2) is 11.2 Å². The summed E-state index contributed by atoms with van der Waals surface area (Å²) >= 11 is 0. The van der Waals surface area contributed by atoms with Crippen LogP contribution in [0.15, 0.2) is 60.7 Å². The van der Waals surface area contributed by atoms with E-state index in [0.29, 0.717) is 16.9 Å². The fraction of sp³-hybridized carbons (Fsp3) is 0.240. The van der Waals surface area contributed by atoms with Crippen molar-refractivity contribution in [3.63, 3.8) is 0 Å². The van der Waals surface area contributed by atoms with Gasteiger partial charge in [-0.25, -0.2) is 0 Å². The Bertz CT molecular complexity index is 1240. The second kappa shape index (κ2) is 6.02. The molecule has 0 unspecified atom stereocenters. The highest BCUT2D eigenvalue weighted by Crippen LogP contribution is 2.79. The summed E-state index contributed by atoms with van der Waals surface area (Å²) in [6, 6.07) is 18.4. The first-order chi connectivity index (χ1) is 14.4. The lowest BCUT2D eigenvalue weighted by Crippen LogP contribution is -2.39. The van der Waals surface area contributed by atoms with Gasteiger partial charge in [-0.15, -0.1) is 0 Å². The third-order valence-electron chi connectivity index (χ3n) is 6.78. The van der Waals surface area contributed by atoms with E-state index in [4.69, 9.17) is 9.47 Å². The van der Waals surface area contributed by atoms with Gasteiger partial charge in [-0.3, -0.25) is 14.4 Å². The van der Waals surface area contributed by atoms with Crippen molar-refractivity contribution < 1.29 is 23.9 Å². The second-order valence-corrected chi connectivity index (χ2v) is 8.22. The summed E-state index contributed by atoms with van der Waals surface area (Å²) in [4.78, 5) is 39.9. The number of ether oxygens (including phenoxy) is 2. The molecule has 1 aliphatic heterocycles. The van der Waals surface area contributed by atoms with Gasteiger partial charge in [0, 0.05) is 17.0 Å². The zero-order valence-corrected chi connectivity index (χ0v) is 16.9. The van der Waals surface area contributed by atoms with Crippen LogP contribution in [0.4, 0.5) is 0 Å². The van der Waals surface area contributed by atoms with Crippen molar-refractivity contribution in [1.82, 2.24) is 0 Å². The Hall–Kier alpha value is -3.47. The Labute approximate surface area is 173 Å². The molecular formula is C25H20O5. The summed E-state index contributed by atoms with van der Waals surface area (Å²) < 4.78 is 10.7. The topological polar surface area (TPSA) is 69.7 Å². The van der Waals surface area contributed by atoms with Crippen LogP contribution in [0.2, 0.25) is 0 Å². The molecule has 0 N–H and O–H groups in total. The van der Waals surface area contributed by atoms with Crippen molar-refractivity contribution in [3.8, 4) is 5.75 Å². The minimum absolute atomic E-state index is 0.268. The predicted octanol–water partition coefficient (Wildman–Crippen LogP) is 4.21. The molecule has 5 nitrogen and oxygen atoms in total. The third-order valence-corrected chi connectivity index (χ3v) is 6.78. The van der Waals surface area contributed by atoms with E-state index < -0.39 is 28.7 Å². The first kappa shape index (κ1) is 18.6. The maximum absolute atomic E-state index is 13.7. The Morgan fingerprint density at radius 2 is 1.70 bits per heavy atom. The summed E-state index contributed by atoms with van der Waals surface area (Å²) in [7, 11) is 1.23. The molecule has 1 heterocycles. The number of aryl methyl sites for hydroxylation is 1. The van der Waals surface area contributed by atoms with E-state index in [-0.39, 0.29) is 5.78 Å². The van der Waals surface area contributed by atoms with E-state index in [1.165, 1.54) is 7.11 Å². The van der Waals surface area contributed by atoms with E-state index in [9.17, 15) is 14.4 Å². The molecule has 0 bridgehead atoms. The van der Waals surface area contributed by atoms with Crippen LogP contribution < -0.4 is 4.74 Å². The van der Waals surface area contributed by atoms with Gasteiger partial charge in [-0.2, -0.15) is 0 Å². The number of ketones is 1. The number of rotatable bonds is 3. The number of fused-ring (bicyclic) bond motifs is 5. The van der Waals surface area contributed by atoms with Gasteiger partial charge < -0.3 is 9.47 Å². The van der Waals surface area contributed by atoms with E-state index in [2.05, 4.69) is 0 Å². The SMILES string of the molecule is COC(=O)[C@]12C(=O)Oc3ccc4ccccc4c3[C@@H]1[C@@]2(C)C(=O)c1ccc(C)cc1. The van der Waals surface area contributed by atoms with Crippen molar-refractivity contribution in [3.05, 3.63) is 77.4 Å². The van der Waals surface area contributed by atoms with Crippen molar-refractivity contribution >= 4 is 28.5 Å². The van der Waals surface area contributed by atoms with Crippen molar-refractivity contribution in [2.75, 3.05) is 7.11 Å². The van der Waals surface area contributed by atoms with Gasteiger partial charge in [0.1, 0.15) is 5.75 Å². The number of benzene rings is 3. The Kier molecular flexibility index (Phi) is 3.72. The summed E-state index contributed by atoms with van der Waals surface area (Å²) in [5, 5.41) is 1.81. The van der Waals surface area contributed by atoms with Gasteiger partial charge >= 0.3 is 11.9 Å². The summed E-state index contributed by atoms with van der Waals surface area (Å²) in [6.45, 7) is 3.61. The molecule has 0 aromatic heterocycles. The molecule has 1 saturated carbocycles. The minimum atomic E-state index is -1.69. The van der Waals surface area contributed by atoms with Crippen molar-refractivity contribution in [1.29, 1.82) is 0 Å². The molecule has 1 aliphatic carbocycles. The van der Waals surface area contributed by atoms with Gasteiger partial charge in [-0.1, -0.05) is 60.2 Å². The molecule has 5 heteroatoms. The van der Waals surface area contributed by atoms with E-state index >= 15 is 0 Å². The molecule has 2 aliphatic rings. The van der Waals surface area contributed by atoms with E-state index in [1.54, 1.807) is 25.1 Å². The molecule has 0 saturated heterocycles. The number of esters is 2. The van der Waals surface area contributed by atoms with Crippen LogP contribution >= 0.6 is 0 Å². The van der Waals surface area contributed by atoms with Gasteiger partial charge in [0.25, 0.3) is 0 Å². The molecule has 3 aromatic rings. The number of carbonyl (C=O) groups is 3. The lowest BCUT2D eigenvalue weighted by Gasteiger charge is -2.22. The number of Topliss-reactive ketones (excluding diaryl/α,β-unsaturated/α-hetero) is 1. The highest BCUT2D eigenvalue weighted by molar-refractivity contribution is 6.21. The maximum atomic E-state index is 13.7. The fourth-order valence-electron chi connectivity index (χ4n) is 5.19.